The highest BCUT2D eigenvalue weighted by Gasteiger charge is 2.22. The first-order valence-corrected chi connectivity index (χ1v) is 14.5. The van der Waals surface area contributed by atoms with E-state index in [2.05, 4.69) is 27.0 Å². The van der Waals surface area contributed by atoms with Crippen molar-refractivity contribution in [3.8, 4) is 0 Å². The SMILES string of the molecule is C=C/C(=N\N(C)C)c1ccc(Nc2cc(Cl)nc3c2nc(C(F)F)n3PI)c(SC)c1. The van der Waals surface area contributed by atoms with Crippen molar-refractivity contribution in [2.24, 2.45) is 5.10 Å². The summed E-state index contributed by atoms with van der Waals surface area (Å²) in [4.78, 5) is 9.32. The van der Waals surface area contributed by atoms with Crippen molar-refractivity contribution in [1.82, 2.24) is 19.3 Å². The molecular weight excluding hydrogens is 576 g/mol. The summed E-state index contributed by atoms with van der Waals surface area (Å²) in [5.74, 6) is -0.323. The number of rotatable bonds is 8. The molecule has 0 radical (unpaired) electrons. The molecule has 6 nitrogen and oxygen atoms in total. The average molecular weight is 595 g/mol. The summed E-state index contributed by atoms with van der Waals surface area (Å²) in [7, 11) is 3.69. The predicted octanol–water partition coefficient (Wildman–Crippen LogP) is 6.73. The highest BCUT2D eigenvalue weighted by Crippen LogP contribution is 2.39. The summed E-state index contributed by atoms with van der Waals surface area (Å²) >= 11 is 9.77. The fourth-order valence-corrected chi connectivity index (χ4v) is 5.56. The molecule has 0 aliphatic rings. The second kappa shape index (κ2) is 10.4. The van der Waals surface area contributed by atoms with Crippen LogP contribution in [0.3, 0.4) is 0 Å². The molecule has 0 spiro atoms. The van der Waals surface area contributed by atoms with Crippen LogP contribution in [-0.4, -0.2) is 45.4 Å². The normalized spacial score (nSPS) is 12.3. The Bertz CT molecular complexity index is 1150. The Morgan fingerprint density at radius 2 is 2.10 bits per heavy atom. The number of nitrogens with one attached hydrogen (secondary N) is 1. The second-order valence-electron chi connectivity index (χ2n) is 6.43. The van der Waals surface area contributed by atoms with Crippen LogP contribution >= 0.6 is 51.8 Å². The molecule has 2 aromatic heterocycles. The van der Waals surface area contributed by atoms with Crippen LogP contribution in [0.2, 0.25) is 5.15 Å². The third-order valence-corrected chi connectivity index (χ3v) is 7.19. The lowest BCUT2D eigenvalue weighted by Crippen LogP contribution is -2.08. The maximum Gasteiger partial charge on any atom is 0.295 e. The lowest BCUT2D eigenvalue weighted by Gasteiger charge is -2.14. The zero-order valence-corrected chi connectivity index (χ0v) is 21.6. The molecule has 31 heavy (non-hydrogen) atoms. The Balaban J connectivity index is 2.09. The van der Waals surface area contributed by atoms with Gasteiger partial charge in [0.15, 0.2) is 11.5 Å². The molecule has 3 aromatic rings. The van der Waals surface area contributed by atoms with E-state index in [1.165, 1.54) is 4.34 Å². The summed E-state index contributed by atoms with van der Waals surface area (Å²) in [6.45, 7) is 3.84. The number of anilines is 2. The van der Waals surface area contributed by atoms with Gasteiger partial charge in [0.05, 0.1) is 23.5 Å². The van der Waals surface area contributed by atoms with E-state index in [1.54, 1.807) is 28.9 Å². The standard InChI is InChI=1S/C19H19ClF2IN6PS/c1-5-11(27-28(2)3)10-6-7-12(14(8-10)31-4)24-13-9-15(20)25-18-16(13)26-19(17(21)22)29(18)30-23/h5-9,17,30H,1H2,2-4H3,(H,24,25)/b27-11+. The van der Waals surface area contributed by atoms with Crippen LogP contribution in [0.4, 0.5) is 20.2 Å². The number of halogens is 4. The predicted molar refractivity (Wildman–Crippen MR) is 137 cm³/mol. The van der Waals surface area contributed by atoms with Crippen molar-refractivity contribution in [3.05, 3.63) is 53.5 Å². The molecule has 1 unspecified atom stereocenters. The number of fused-ring (bicyclic) bond motifs is 1. The number of hydrogen-bond acceptors (Lipinski definition) is 6. The van der Waals surface area contributed by atoms with E-state index in [0.29, 0.717) is 16.9 Å². The zero-order chi connectivity index (χ0) is 22.7. The maximum atomic E-state index is 13.5. The fourth-order valence-electron chi connectivity index (χ4n) is 2.89. The van der Waals surface area contributed by atoms with E-state index in [4.69, 9.17) is 11.6 Å². The zero-order valence-electron chi connectivity index (χ0n) is 16.8. The van der Waals surface area contributed by atoms with Gasteiger partial charge in [-0.15, -0.1) is 11.8 Å². The van der Waals surface area contributed by atoms with Gasteiger partial charge in [0, 0.05) is 30.6 Å². The number of pyridine rings is 1. The van der Waals surface area contributed by atoms with Gasteiger partial charge < -0.3 is 10.3 Å². The number of hydrazone groups is 1. The number of alkyl halides is 2. The van der Waals surface area contributed by atoms with Gasteiger partial charge in [0.2, 0.25) is 0 Å². The van der Waals surface area contributed by atoms with Crippen LogP contribution in [0, 0.1) is 0 Å². The van der Waals surface area contributed by atoms with Crippen molar-refractivity contribution in [3.63, 3.8) is 0 Å². The highest BCUT2D eigenvalue weighted by atomic mass is 127. The summed E-state index contributed by atoms with van der Waals surface area (Å²) in [5, 5.41) is 9.64. The van der Waals surface area contributed by atoms with E-state index >= 15 is 0 Å². The molecule has 0 fully saturated rings. The Morgan fingerprint density at radius 1 is 1.35 bits per heavy atom. The Labute approximate surface area is 202 Å². The number of aromatic nitrogens is 3. The highest BCUT2D eigenvalue weighted by molar-refractivity contribution is 14.2. The molecule has 12 heteroatoms. The molecule has 0 aliphatic carbocycles. The quantitative estimate of drug-likeness (QED) is 0.0783. The molecule has 2 heterocycles. The molecule has 0 saturated heterocycles. The molecule has 3 rings (SSSR count). The van der Waals surface area contributed by atoms with E-state index in [9.17, 15) is 8.78 Å². The van der Waals surface area contributed by atoms with Crippen LogP contribution in [0.1, 0.15) is 17.8 Å². The third kappa shape index (κ3) is 5.30. The lowest BCUT2D eigenvalue weighted by atomic mass is 10.1. The minimum atomic E-state index is -2.71. The van der Waals surface area contributed by atoms with Crippen LogP contribution in [0.5, 0.6) is 0 Å². The molecule has 164 valence electrons. The number of nitrogens with zero attached hydrogens (tertiary/aromatic N) is 5. The first-order chi connectivity index (χ1) is 14.8. The molecular formula is C19H19ClF2IN6PS. The first kappa shape index (κ1) is 24.2. The average Bonchev–Trinajstić information content (AvgIpc) is 3.11. The number of allylic oxidation sites excluding steroid dienone is 1. The second-order valence-corrected chi connectivity index (χ2v) is 9.73. The van der Waals surface area contributed by atoms with Gasteiger partial charge in [-0.2, -0.15) is 5.10 Å². The van der Waals surface area contributed by atoms with Gasteiger partial charge in [0.1, 0.15) is 10.7 Å². The number of hydrogen-bond donors (Lipinski definition) is 1. The van der Waals surface area contributed by atoms with Crippen molar-refractivity contribution in [2.75, 3.05) is 25.7 Å². The van der Waals surface area contributed by atoms with Crippen molar-refractivity contribution in [2.45, 2.75) is 11.3 Å². The number of thioether (sulfide) groups is 1. The lowest BCUT2D eigenvalue weighted by molar-refractivity contribution is 0.140. The van der Waals surface area contributed by atoms with Crippen LogP contribution in [-0.2, 0) is 0 Å². The molecule has 1 N–H and O–H groups in total. The van der Waals surface area contributed by atoms with Crippen LogP contribution in [0.25, 0.3) is 11.2 Å². The van der Waals surface area contributed by atoms with Crippen LogP contribution < -0.4 is 5.32 Å². The monoisotopic (exact) mass is 594 g/mol. The Morgan fingerprint density at radius 3 is 2.68 bits per heavy atom. The van der Waals surface area contributed by atoms with Crippen molar-refractivity contribution in [1.29, 1.82) is 0 Å². The van der Waals surface area contributed by atoms with E-state index in [1.807, 2.05) is 60.6 Å². The Kier molecular flexibility index (Phi) is 8.12. The molecule has 0 bridgehead atoms. The van der Waals surface area contributed by atoms with Gasteiger partial charge >= 0.3 is 0 Å². The largest absolute Gasteiger partial charge is 0.353 e. The van der Waals surface area contributed by atoms with Gasteiger partial charge in [-0.1, -0.05) is 24.2 Å². The molecule has 1 atom stereocenters. The number of imidazole rings is 1. The van der Waals surface area contributed by atoms with Crippen LogP contribution in [0.15, 0.2) is 46.9 Å². The van der Waals surface area contributed by atoms with Gasteiger partial charge in [0.25, 0.3) is 6.43 Å². The summed E-state index contributed by atoms with van der Waals surface area (Å²) in [5.41, 5.74) is 3.63. The van der Waals surface area contributed by atoms with E-state index < -0.39 is 6.43 Å². The molecule has 1 aromatic carbocycles. The molecule has 0 aliphatic heterocycles. The summed E-state index contributed by atoms with van der Waals surface area (Å²) < 4.78 is 28.4. The Hall–Kier alpha value is -1.49. The fraction of sp³-hybridized carbons (Fsp3) is 0.211. The van der Waals surface area contributed by atoms with E-state index in [-0.39, 0.29) is 17.4 Å². The maximum absolute atomic E-state index is 13.5. The van der Waals surface area contributed by atoms with E-state index in [0.717, 1.165) is 21.9 Å². The van der Waals surface area contributed by atoms with Gasteiger partial charge in [-0.05, 0) is 46.5 Å². The third-order valence-electron chi connectivity index (χ3n) is 4.16. The molecule has 0 saturated carbocycles. The topological polar surface area (TPSA) is 58.3 Å². The minimum absolute atomic E-state index is 0.0156. The summed E-state index contributed by atoms with van der Waals surface area (Å²) in [6.07, 6.45) is 0.957. The van der Waals surface area contributed by atoms with Gasteiger partial charge in [-0.25, -0.2) is 18.7 Å². The smallest absolute Gasteiger partial charge is 0.295 e. The first-order valence-electron chi connectivity index (χ1n) is 8.86. The van der Waals surface area contributed by atoms with Gasteiger partial charge in [-0.3, -0.25) is 4.34 Å². The summed E-state index contributed by atoms with van der Waals surface area (Å²) in [6, 6.07) is 7.41. The number of benzene rings is 1. The minimum Gasteiger partial charge on any atom is -0.353 e. The van der Waals surface area contributed by atoms with Crippen molar-refractivity contribution >= 4 is 80.0 Å². The molecule has 0 amide bonds. The van der Waals surface area contributed by atoms with Crippen molar-refractivity contribution < 1.29 is 8.78 Å².